The molecule has 0 saturated carbocycles. The summed E-state index contributed by atoms with van der Waals surface area (Å²) in [6.07, 6.45) is 0.822. The molecule has 1 fully saturated rings. The first-order valence-electron chi connectivity index (χ1n) is 6.45. The maximum Gasteiger partial charge on any atom is 0.251 e. The van der Waals surface area contributed by atoms with Crippen LogP contribution in [0.3, 0.4) is 0 Å². The van der Waals surface area contributed by atoms with E-state index in [2.05, 4.69) is 17.1 Å². The average molecular weight is 248 g/mol. The SMILES string of the molecule is CCN1C[C@@H](NC(=O)c2ccccc2)C[C@H]1CO. The number of likely N-dealkylation sites (N-methyl/N-ethyl adjacent to an activating group) is 1. The predicted octanol–water partition coefficient (Wildman–Crippen LogP) is 0.871. The van der Waals surface area contributed by atoms with Crippen LogP contribution >= 0.6 is 0 Å². The van der Waals surface area contributed by atoms with Crippen LogP contribution in [0.15, 0.2) is 30.3 Å². The van der Waals surface area contributed by atoms with Crippen LogP contribution in [-0.2, 0) is 0 Å². The molecular formula is C14H20N2O2. The van der Waals surface area contributed by atoms with E-state index < -0.39 is 0 Å². The van der Waals surface area contributed by atoms with Gasteiger partial charge in [-0.25, -0.2) is 0 Å². The quantitative estimate of drug-likeness (QED) is 0.831. The first-order valence-corrected chi connectivity index (χ1v) is 6.45. The van der Waals surface area contributed by atoms with E-state index in [-0.39, 0.29) is 24.6 Å². The lowest BCUT2D eigenvalue weighted by Crippen LogP contribution is -2.37. The first-order chi connectivity index (χ1) is 8.74. The zero-order valence-corrected chi connectivity index (χ0v) is 10.7. The lowest BCUT2D eigenvalue weighted by Gasteiger charge is -2.19. The van der Waals surface area contributed by atoms with E-state index in [1.807, 2.05) is 30.3 Å². The monoisotopic (exact) mass is 248 g/mol. The van der Waals surface area contributed by atoms with Gasteiger partial charge in [-0.3, -0.25) is 9.69 Å². The van der Waals surface area contributed by atoms with E-state index >= 15 is 0 Å². The molecule has 0 bridgehead atoms. The minimum atomic E-state index is -0.0322. The number of hydrogen-bond donors (Lipinski definition) is 2. The molecule has 0 aliphatic carbocycles. The van der Waals surface area contributed by atoms with E-state index in [4.69, 9.17) is 0 Å². The molecule has 0 unspecified atom stereocenters. The van der Waals surface area contributed by atoms with Gasteiger partial charge >= 0.3 is 0 Å². The topological polar surface area (TPSA) is 52.6 Å². The highest BCUT2D eigenvalue weighted by molar-refractivity contribution is 5.94. The van der Waals surface area contributed by atoms with Crippen LogP contribution < -0.4 is 5.32 Å². The van der Waals surface area contributed by atoms with Gasteiger partial charge in [-0.2, -0.15) is 0 Å². The molecule has 1 saturated heterocycles. The molecule has 98 valence electrons. The number of aliphatic hydroxyl groups excluding tert-OH is 1. The highest BCUT2D eigenvalue weighted by Gasteiger charge is 2.31. The lowest BCUT2D eigenvalue weighted by molar-refractivity contribution is 0.0938. The van der Waals surface area contributed by atoms with Crippen molar-refractivity contribution in [1.29, 1.82) is 0 Å². The lowest BCUT2D eigenvalue weighted by atomic mass is 10.1. The number of amides is 1. The number of carbonyl (C=O) groups is 1. The summed E-state index contributed by atoms with van der Waals surface area (Å²) in [5.41, 5.74) is 0.688. The van der Waals surface area contributed by atoms with Crippen molar-refractivity contribution < 1.29 is 9.90 Å². The van der Waals surface area contributed by atoms with Crippen LogP contribution in [-0.4, -0.2) is 47.7 Å². The Bertz CT molecular complexity index is 382. The van der Waals surface area contributed by atoms with Crippen LogP contribution in [0.5, 0.6) is 0 Å². The Morgan fingerprint density at radius 2 is 2.17 bits per heavy atom. The van der Waals surface area contributed by atoms with Crippen molar-refractivity contribution in [2.75, 3.05) is 19.7 Å². The Kier molecular flexibility index (Phi) is 4.33. The van der Waals surface area contributed by atoms with Gasteiger partial charge in [0, 0.05) is 24.2 Å². The second-order valence-corrected chi connectivity index (χ2v) is 4.70. The van der Waals surface area contributed by atoms with Gasteiger partial charge < -0.3 is 10.4 Å². The molecule has 0 spiro atoms. The van der Waals surface area contributed by atoms with Crippen LogP contribution in [0.25, 0.3) is 0 Å². The summed E-state index contributed by atoms with van der Waals surface area (Å²) in [6.45, 7) is 3.96. The summed E-state index contributed by atoms with van der Waals surface area (Å²) in [7, 11) is 0. The highest BCUT2D eigenvalue weighted by atomic mass is 16.3. The van der Waals surface area contributed by atoms with Gasteiger partial charge in [-0.1, -0.05) is 25.1 Å². The fourth-order valence-corrected chi connectivity index (χ4v) is 2.52. The Hall–Kier alpha value is -1.39. The Balaban J connectivity index is 1.93. The molecule has 2 N–H and O–H groups in total. The molecule has 1 heterocycles. The molecule has 2 atom stereocenters. The normalized spacial score (nSPS) is 24.1. The molecule has 1 amide bonds. The summed E-state index contributed by atoms with van der Waals surface area (Å²) in [4.78, 5) is 14.2. The standard InChI is InChI=1S/C14H20N2O2/c1-2-16-9-12(8-13(16)10-17)15-14(18)11-6-4-3-5-7-11/h3-7,12-13,17H,2,8-10H2,1H3,(H,15,18)/t12-,13-/m0/s1. The number of aliphatic hydroxyl groups is 1. The number of hydrogen-bond acceptors (Lipinski definition) is 3. The summed E-state index contributed by atoms with van der Waals surface area (Å²) < 4.78 is 0. The molecular weight excluding hydrogens is 228 g/mol. The minimum Gasteiger partial charge on any atom is -0.395 e. The molecule has 1 aromatic carbocycles. The van der Waals surface area contributed by atoms with Gasteiger partial charge in [0.2, 0.25) is 0 Å². The summed E-state index contributed by atoms with van der Waals surface area (Å²) in [5.74, 6) is -0.0322. The molecule has 1 aromatic rings. The number of benzene rings is 1. The van der Waals surface area contributed by atoms with Gasteiger partial charge in [0.05, 0.1) is 6.61 Å². The van der Waals surface area contributed by atoms with E-state index in [1.54, 1.807) is 0 Å². The van der Waals surface area contributed by atoms with Crippen molar-refractivity contribution in [3.8, 4) is 0 Å². The second-order valence-electron chi connectivity index (χ2n) is 4.70. The number of carbonyl (C=O) groups excluding carboxylic acids is 1. The van der Waals surface area contributed by atoms with Gasteiger partial charge in [0.25, 0.3) is 5.91 Å². The third-order valence-electron chi connectivity index (χ3n) is 3.52. The average Bonchev–Trinajstić information content (AvgIpc) is 2.81. The zero-order valence-electron chi connectivity index (χ0n) is 10.7. The Labute approximate surface area is 108 Å². The maximum atomic E-state index is 12.0. The zero-order chi connectivity index (χ0) is 13.0. The number of likely N-dealkylation sites (tertiary alicyclic amines) is 1. The van der Waals surface area contributed by atoms with Crippen molar-refractivity contribution in [2.45, 2.75) is 25.4 Å². The number of nitrogens with zero attached hydrogens (tertiary/aromatic N) is 1. The molecule has 4 heteroatoms. The van der Waals surface area contributed by atoms with Crippen molar-refractivity contribution in [2.24, 2.45) is 0 Å². The third kappa shape index (κ3) is 2.89. The maximum absolute atomic E-state index is 12.0. The van der Waals surface area contributed by atoms with E-state index in [0.717, 1.165) is 19.5 Å². The fourth-order valence-electron chi connectivity index (χ4n) is 2.52. The summed E-state index contributed by atoms with van der Waals surface area (Å²) >= 11 is 0. The number of rotatable bonds is 4. The smallest absolute Gasteiger partial charge is 0.251 e. The summed E-state index contributed by atoms with van der Waals surface area (Å²) in [6, 6.07) is 9.55. The largest absolute Gasteiger partial charge is 0.395 e. The third-order valence-corrected chi connectivity index (χ3v) is 3.52. The minimum absolute atomic E-state index is 0.0322. The number of nitrogens with one attached hydrogen (secondary N) is 1. The Morgan fingerprint density at radius 3 is 2.72 bits per heavy atom. The van der Waals surface area contributed by atoms with Crippen LogP contribution in [0.2, 0.25) is 0 Å². The molecule has 18 heavy (non-hydrogen) atoms. The molecule has 0 aromatic heterocycles. The van der Waals surface area contributed by atoms with E-state index in [1.165, 1.54) is 0 Å². The van der Waals surface area contributed by atoms with Crippen LogP contribution in [0.4, 0.5) is 0 Å². The van der Waals surface area contributed by atoms with Crippen molar-refractivity contribution in [1.82, 2.24) is 10.2 Å². The van der Waals surface area contributed by atoms with Crippen molar-refractivity contribution in [3.05, 3.63) is 35.9 Å². The molecule has 4 nitrogen and oxygen atoms in total. The molecule has 2 rings (SSSR count). The van der Waals surface area contributed by atoms with E-state index in [9.17, 15) is 9.90 Å². The highest BCUT2D eigenvalue weighted by Crippen LogP contribution is 2.17. The van der Waals surface area contributed by atoms with Gasteiger partial charge in [0.1, 0.15) is 0 Å². The molecule has 1 aliphatic rings. The predicted molar refractivity (Wildman–Crippen MR) is 70.4 cm³/mol. The van der Waals surface area contributed by atoms with Crippen LogP contribution in [0.1, 0.15) is 23.7 Å². The first kappa shape index (κ1) is 13.1. The fraction of sp³-hybridized carbons (Fsp3) is 0.500. The molecule has 1 aliphatic heterocycles. The van der Waals surface area contributed by atoms with Gasteiger partial charge in [0.15, 0.2) is 0 Å². The van der Waals surface area contributed by atoms with Crippen molar-refractivity contribution >= 4 is 5.91 Å². The Morgan fingerprint density at radius 1 is 1.44 bits per heavy atom. The van der Waals surface area contributed by atoms with Crippen molar-refractivity contribution in [3.63, 3.8) is 0 Å². The van der Waals surface area contributed by atoms with Gasteiger partial charge in [-0.15, -0.1) is 0 Å². The molecule has 0 radical (unpaired) electrons. The summed E-state index contributed by atoms with van der Waals surface area (Å²) in [5, 5.41) is 12.3. The second kappa shape index (κ2) is 5.98. The van der Waals surface area contributed by atoms with E-state index in [0.29, 0.717) is 5.56 Å². The van der Waals surface area contributed by atoms with Crippen LogP contribution in [0, 0.1) is 0 Å². The van der Waals surface area contributed by atoms with Gasteiger partial charge in [-0.05, 0) is 25.1 Å².